The number of sulfone groups is 1. The van der Waals surface area contributed by atoms with Crippen molar-refractivity contribution >= 4 is 27.1 Å². The first-order chi connectivity index (χ1) is 17.6. The van der Waals surface area contributed by atoms with Gasteiger partial charge in [0, 0.05) is 5.41 Å². The van der Waals surface area contributed by atoms with Gasteiger partial charge in [0.1, 0.15) is 10.8 Å². The Balaban J connectivity index is 1.56. The monoisotopic (exact) mass is 550 g/mol. The van der Waals surface area contributed by atoms with Gasteiger partial charge >= 0.3 is 0 Å². The highest BCUT2D eigenvalue weighted by atomic mass is 35.5. The second kappa shape index (κ2) is 13.1. The van der Waals surface area contributed by atoms with E-state index in [9.17, 15) is 8.42 Å². The number of halogens is 1. The van der Waals surface area contributed by atoms with E-state index in [4.69, 9.17) is 16.3 Å². The third-order valence-corrected chi connectivity index (χ3v) is 8.73. The first kappa shape index (κ1) is 29.5. The summed E-state index contributed by atoms with van der Waals surface area (Å²) in [6, 6.07) is 5.39. The molecular weight excluding hydrogens is 508 g/mol. The fraction of sp³-hybridized carbons (Fsp3) is 0.643. The van der Waals surface area contributed by atoms with Crippen molar-refractivity contribution in [3.8, 4) is 17.1 Å². The fourth-order valence-corrected chi connectivity index (χ4v) is 6.48. The van der Waals surface area contributed by atoms with Crippen LogP contribution in [0.4, 0.5) is 0 Å². The van der Waals surface area contributed by atoms with E-state index in [-0.39, 0.29) is 16.9 Å². The highest BCUT2D eigenvalue weighted by Crippen LogP contribution is 2.34. The molecule has 1 N–H and O–H groups in total. The molecule has 0 aliphatic rings. The first-order valence-corrected chi connectivity index (χ1v) is 15.8. The van der Waals surface area contributed by atoms with Crippen LogP contribution >= 0.6 is 11.6 Å². The van der Waals surface area contributed by atoms with Gasteiger partial charge in [-0.15, -0.1) is 5.10 Å². The van der Waals surface area contributed by atoms with Crippen molar-refractivity contribution in [2.75, 3.05) is 12.9 Å². The van der Waals surface area contributed by atoms with Crippen molar-refractivity contribution in [1.82, 2.24) is 19.8 Å². The third kappa shape index (κ3) is 8.21. The maximum atomic E-state index is 12.7. The van der Waals surface area contributed by atoms with Crippen LogP contribution in [0.1, 0.15) is 103 Å². The summed E-state index contributed by atoms with van der Waals surface area (Å²) in [5.74, 6) is 1.21. The molecule has 0 aliphatic heterocycles. The van der Waals surface area contributed by atoms with Gasteiger partial charge in [-0.05, 0) is 24.1 Å². The second-order valence-electron chi connectivity index (χ2n) is 11.0. The lowest BCUT2D eigenvalue weighted by Crippen LogP contribution is -2.13. The molecule has 0 fully saturated rings. The number of hydrogen-bond acceptors (Lipinski definition) is 5. The summed E-state index contributed by atoms with van der Waals surface area (Å²) in [6.45, 7) is 8.43. The van der Waals surface area contributed by atoms with Gasteiger partial charge in [-0.3, -0.25) is 5.10 Å². The van der Waals surface area contributed by atoms with Gasteiger partial charge in [0.2, 0.25) is 0 Å². The Morgan fingerprint density at radius 3 is 2.19 bits per heavy atom. The van der Waals surface area contributed by atoms with E-state index < -0.39 is 9.84 Å². The summed E-state index contributed by atoms with van der Waals surface area (Å²) in [7, 11) is -1.63. The van der Waals surface area contributed by atoms with E-state index in [0.717, 1.165) is 25.0 Å². The molecule has 3 aromatic rings. The van der Waals surface area contributed by atoms with Crippen molar-refractivity contribution in [3.63, 3.8) is 0 Å². The molecule has 0 saturated carbocycles. The van der Waals surface area contributed by atoms with Crippen molar-refractivity contribution in [2.24, 2.45) is 0 Å². The number of methoxy groups -OCH3 is 1. The molecule has 0 spiro atoms. The number of nitrogens with zero attached hydrogens (tertiary/aromatic N) is 3. The molecule has 2 aromatic heterocycles. The second-order valence-corrected chi connectivity index (χ2v) is 13.6. The zero-order chi connectivity index (χ0) is 27.1. The van der Waals surface area contributed by atoms with Gasteiger partial charge < -0.3 is 4.74 Å². The molecule has 9 heteroatoms. The van der Waals surface area contributed by atoms with Crippen LogP contribution in [-0.4, -0.2) is 41.1 Å². The van der Waals surface area contributed by atoms with Crippen molar-refractivity contribution in [1.29, 1.82) is 0 Å². The molecule has 3 rings (SSSR count). The largest absolute Gasteiger partial charge is 0.496 e. The summed E-state index contributed by atoms with van der Waals surface area (Å²) in [5, 5.41) is 8.30. The zero-order valence-corrected chi connectivity index (χ0v) is 24.6. The number of aromatic nitrogens is 4. The van der Waals surface area contributed by atoms with Crippen LogP contribution in [-0.2, 0) is 21.0 Å². The first-order valence-electron chi connectivity index (χ1n) is 13.6. The van der Waals surface area contributed by atoms with Crippen LogP contribution in [0.15, 0.2) is 18.2 Å². The fourth-order valence-electron chi connectivity index (χ4n) is 4.56. The third-order valence-electron chi connectivity index (χ3n) is 6.69. The molecule has 0 amide bonds. The lowest BCUT2D eigenvalue weighted by Gasteiger charge is -2.16. The Morgan fingerprint density at radius 1 is 1.00 bits per heavy atom. The predicted molar refractivity (Wildman–Crippen MR) is 152 cm³/mol. The molecular formula is C28H43ClN4O3S. The van der Waals surface area contributed by atoms with Gasteiger partial charge in [0.05, 0.1) is 29.9 Å². The Morgan fingerprint density at radius 2 is 1.62 bits per heavy atom. The number of benzene rings is 1. The lowest BCUT2D eigenvalue weighted by atomic mass is 9.92. The van der Waals surface area contributed by atoms with E-state index in [1.165, 1.54) is 44.9 Å². The van der Waals surface area contributed by atoms with Crippen molar-refractivity contribution in [3.05, 3.63) is 34.5 Å². The van der Waals surface area contributed by atoms with Crippen LogP contribution < -0.4 is 4.74 Å². The molecule has 2 heterocycles. The Bertz CT molecular complexity index is 1260. The minimum Gasteiger partial charge on any atom is -0.496 e. The van der Waals surface area contributed by atoms with Crippen LogP contribution in [0.25, 0.3) is 17.0 Å². The molecule has 37 heavy (non-hydrogen) atoms. The Labute approximate surface area is 227 Å². The smallest absolute Gasteiger partial charge is 0.194 e. The molecule has 0 aliphatic carbocycles. The maximum Gasteiger partial charge on any atom is 0.194 e. The van der Waals surface area contributed by atoms with Gasteiger partial charge in [0.25, 0.3) is 0 Å². The van der Waals surface area contributed by atoms with Gasteiger partial charge in [-0.25, -0.2) is 13.4 Å². The molecule has 0 atom stereocenters. The van der Waals surface area contributed by atoms with Crippen LogP contribution in [0.5, 0.6) is 5.75 Å². The quantitative estimate of drug-likeness (QED) is 0.198. The number of hydrogen-bond donors (Lipinski definition) is 1. The SMILES string of the molecule is CCCCCCCCCCCCS(=O)(=O)Cc1ccc(-c2nc3c(Cl)c(C(C)(C)C)[nH]n3n2)c(OC)c1. The van der Waals surface area contributed by atoms with Crippen LogP contribution in [0.2, 0.25) is 5.02 Å². The average molecular weight is 551 g/mol. The highest BCUT2D eigenvalue weighted by molar-refractivity contribution is 7.90. The molecule has 0 saturated heterocycles. The molecule has 0 unspecified atom stereocenters. The van der Waals surface area contributed by atoms with Gasteiger partial charge in [-0.1, -0.05) is 103 Å². The summed E-state index contributed by atoms with van der Waals surface area (Å²) < 4.78 is 32.6. The van der Waals surface area contributed by atoms with E-state index in [2.05, 4.69) is 42.9 Å². The molecule has 0 radical (unpaired) electrons. The standard InChI is InChI=1S/C28H43ClN4O3S/c1-6-7-8-9-10-11-12-13-14-15-18-37(34,35)20-21-16-17-22(23(19-21)36-5)26-30-27-24(29)25(28(2,3)4)31-33(27)32-26/h16-17,19,31H,6-15,18,20H2,1-5H3. The van der Waals surface area contributed by atoms with Crippen molar-refractivity contribution < 1.29 is 13.2 Å². The van der Waals surface area contributed by atoms with Crippen LogP contribution in [0, 0.1) is 0 Å². The number of ether oxygens (including phenoxy) is 1. The van der Waals surface area contributed by atoms with Gasteiger partial charge in [0.15, 0.2) is 21.3 Å². The van der Waals surface area contributed by atoms with E-state index in [0.29, 0.717) is 33.4 Å². The summed E-state index contributed by atoms with van der Waals surface area (Å²) in [4.78, 5) is 4.61. The number of rotatable bonds is 15. The minimum absolute atomic E-state index is 0.000742. The lowest BCUT2D eigenvalue weighted by molar-refractivity contribution is 0.415. The summed E-state index contributed by atoms with van der Waals surface area (Å²) >= 11 is 6.56. The summed E-state index contributed by atoms with van der Waals surface area (Å²) in [5.41, 5.74) is 2.63. The molecule has 0 bridgehead atoms. The molecule has 206 valence electrons. The summed E-state index contributed by atoms with van der Waals surface area (Å²) in [6.07, 6.45) is 11.8. The molecule has 1 aromatic carbocycles. The Hall–Kier alpha value is -2.06. The normalized spacial score (nSPS) is 12.5. The number of aromatic amines is 1. The van der Waals surface area contributed by atoms with Crippen LogP contribution in [0.3, 0.4) is 0 Å². The number of unbranched alkanes of at least 4 members (excludes halogenated alkanes) is 9. The maximum absolute atomic E-state index is 12.7. The van der Waals surface area contributed by atoms with E-state index in [1.807, 2.05) is 12.1 Å². The van der Waals surface area contributed by atoms with E-state index in [1.54, 1.807) is 17.8 Å². The van der Waals surface area contributed by atoms with E-state index >= 15 is 0 Å². The zero-order valence-electron chi connectivity index (χ0n) is 23.1. The van der Waals surface area contributed by atoms with Gasteiger partial charge in [-0.2, -0.15) is 4.63 Å². The molecule has 7 nitrogen and oxygen atoms in total. The van der Waals surface area contributed by atoms with Crippen molar-refractivity contribution in [2.45, 2.75) is 103 Å². The highest BCUT2D eigenvalue weighted by Gasteiger charge is 2.25. The Kier molecular flexibility index (Phi) is 10.5. The average Bonchev–Trinajstić information content (AvgIpc) is 3.39. The topological polar surface area (TPSA) is 89.4 Å². The number of nitrogens with one attached hydrogen (secondary N) is 1. The number of fused-ring (bicyclic) bond motifs is 1. The number of H-pyrrole nitrogens is 1. The minimum atomic E-state index is -3.19. The predicted octanol–water partition coefficient (Wildman–Crippen LogP) is 7.52.